The Labute approximate surface area is 151 Å². The summed E-state index contributed by atoms with van der Waals surface area (Å²) in [7, 11) is 3.67. The minimum absolute atomic E-state index is 0.159. The molecule has 1 aromatic heterocycles. The summed E-state index contributed by atoms with van der Waals surface area (Å²) in [5, 5.41) is 7.54. The van der Waals surface area contributed by atoms with Crippen LogP contribution in [0.4, 0.5) is 8.78 Å². The second kappa shape index (κ2) is 8.16. The first kappa shape index (κ1) is 18.2. The standard InChI is InChI=1S/C18H23F2N5O/c1-21-18(22-9-13-4-3-5-16(8-13)26-17(19)20)25-7-6-14(12-25)15-10-23-24(2)11-15/h3-5,8,10-11,14,17H,6-7,9,12H2,1-2H3,(H,21,22). The molecule has 1 aliphatic rings. The molecule has 0 saturated carbocycles. The average Bonchev–Trinajstić information content (AvgIpc) is 3.24. The van der Waals surface area contributed by atoms with E-state index in [2.05, 4.69) is 31.2 Å². The summed E-state index contributed by atoms with van der Waals surface area (Å²) in [6.45, 7) is -0.547. The topological polar surface area (TPSA) is 54.7 Å². The van der Waals surface area contributed by atoms with Gasteiger partial charge >= 0.3 is 6.61 Å². The van der Waals surface area contributed by atoms with Crippen LogP contribution in [0.3, 0.4) is 0 Å². The molecular formula is C18H23F2N5O. The molecule has 0 aliphatic carbocycles. The van der Waals surface area contributed by atoms with Gasteiger partial charge in [0.05, 0.1) is 6.20 Å². The zero-order valence-electron chi connectivity index (χ0n) is 14.9. The van der Waals surface area contributed by atoms with Crippen molar-refractivity contribution in [1.82, 2.24) is 20.0 Å². The van der Waals surface area contributed by atoms with Gasteiger partial charge in [-0.05, 0) is 29.7 Å². The maximum Gasteiger partial charge on any atom is 0.387 e. The van der Waals surface area contributed by atoms with Crippen LogP contribution in [0.5, 0.6) is 5.75 Å². The fraction of sp³-hybridized carbons (Fsp3) is 0.444. The van der Waals surface area contributed by atoms with E-state index < -0.39 is 6.61 Å². The van der Waals surface area contributed by atoms with Gasteiger partial charge in [-0.2, -0.15) is 13.9 Å². The van der Waals surface area contributed by atoms with Crippen LogP contribution in [0.25, 0.3) is 0 Å². The minimum Gasteiger partial charge on any atom is -0.435 e. The summed E-state index contributed by atoms with van der Waals surface area (Å²) in [6.07, 6.45) is 5.02. The largest absolute Gasteiger partial charge is 0.435 e. The Kier molecular flexibility index (Phi) is 5.70. The summed E-state index contributed by atoms with van der Waals surface area (Å²) in [5.41, 5.74) is 2.09. The van der Waals surface area contributed by atoms with Crippen molar-refractivity contribution in [3.63, 3.8) is 0 Å². The number of hydrogen-bond acceptors (Lipinski definition) is 3. The number of hydrogen-bond donors (Lipinski definition) is 1. The van der Waals surface area contributed by atoms with E-state index in [4.69, 9.17) is 0 Å². The second-order valence-corrected chi connectivity index (χ2v) is 6.31. The first-order chi connectivity index (χ1) is 12.5. The number of likely N-dealkylation sites (tertiary alicyclic amines) is 1. The van der Waals surface area contributed by atoms with Crippen molar-refractivity contribution in [1.29, 1.82) is 0 Å². The summed E-state index contributed by atoms with van der Waals surface area (Å²) < 4.78 is 30.9. The van der Waals surface area contributed by atoms with Crippen LogP contribution in [-0.4, -0.2) is 47.4 Å². The highest BCUT2D eigenvalue weighted by atomic mass is 19.3. The fourth-order valence-corrected chi connectivity index (χ4v) is 3.22. The van der Waals surface area contributed by atoms with E-state index in [1.807, 2.05) is 24.0 Å². The smallest absolute Gasteiger partial charge is 0.387 e. The molecule has 1 fully saturated rings. The lowest BCUT2D eigenvalue weighted by atomic mass is 10.0. The summed E-state index contributed by atoms with van der Waals surface area (Å²) in [4.78, 5) is 6.55. The van der Waals surface area contributed by atoms with Crippen LogP contribution in [0, 0.1) is 0 Å². The SMILES string of the molecule is CN=C(NCc1cccc(OC(F)F)c1)N1CCC(c2cnn(C)c2)C1. The fourth-order valence-electron chi connectivity index (χ4n) is 3.22. The predicted molar refractivity (Wildman–Crippen MR) is 95.4 cm³/mol. The number of benzene rings is 1. The number of aromatic nitrogens is 2. The molecule has 2 heterocycles. The number of nitrogens with zero attached hydrogens (tertiary/aromatic N) is 4. The summed E-state index contributed by atoms with van der Waals surface area (Å²) in [5.74, 6) is 1.40. The highest BCUT2D eigenvalue weighted by Crippen LogP contribution is 2.26. The summed E-state index contributed by atoms with van der Waals surface area (Å²) in [6, 6.07) is 6.69. The molecule has 1 saturated heterocycles. The van der Waals surface area contributed by atoms with Crippen LogP contribution in [0.15, 0.2) is 41.7 Å². The predicted octanol–water partition coefficient (Wildman–Crippen LogP) is 2.59. The number of alkyl halides is 2. The molecule has 0 spiro atoms. The van der Waals surface area contributed by atoms with Crippen molar-refractivity contribution >= 4 is 5.96 Å². The van der Waals surface area contributed by atoms with Crippen molar-refractivity contribution in [2.24, 2.45) is 12.0 Å². The maximum absolute atomic E-state index is 12.3. The van der Waals surface area contributed by atoms with Crippen molar-refractivity contribution in [2.45, 2.75) is 25.5 Å². The monoisotopic (exact) mass is 363 g/mol. The molecule has 2 aromatic rings. The third-order valence-corrected chi connectivity index (χ3v) is 4.47. The van der Waals surface area contributed by atoms with Crippen LogP contribution in [0.1, 0.15) is 23.5 Å². The molecule has 1 N–H and O–H groups in total. The Morgan fingerprint density at radius 2 is 2.31 bits per heavy atom. The molecular weight excluding hydrogens is 340 g/mol. The Morgan fingerprint density at radius 1 is 1.46 bits per heavy atom. The van der Waals surface area contributed by atoms with Gasteiger partial charge in [0.15, 0.2) is 5.96 Å². The van der Waals surface area contributed by atoms with Gasteiger partial charge in [0.25, 0.3) is 0 Å². The number of nitrogens with one attached hydrogen (secondary N) is 1. The molecule has 1 atom stereocenters. The van der Waals surface area contributed by atoms with Gasteiger partial charge in [-0.1, -0.05) is 12.1 Å². The van der Waals surface area contributed by atoms with E-state index in [9.17, 15) is 8.78 Å². The number of aliphatic imine (C=N–C) groups is 1. The molecule has 3 rings (SSSR count). The van der Waals surface area contributed by atoms with Gasteiger partial charge in [-0.25, -0.2) is 0 Å². The lowest BCUT2D eigenvalue weighted by Crippen LogP contribution is -2.39. The van der Waals surface area contributed by atoms with E-state index in [0.29, 0.717) is 12.5 Å². The lowest BCUT2D eigenvalue weighted by molar-refractivity contribution is -0.0498. The Balaban J connectivity index is 1.57. The summed E-state index contributed by atoms with van der Waals surface area (Å²) >= 11 is 0. The normalized spacial score (nSPS) is 17.8. The highest BCUT2D eigenvalue weighted by Gasteiger charge is 2.26. The zero-order chi connectivity index (χ0) is 18.5. The van der Waals surface area contributed by atoms with Gasteiger partial charge < -0.3 is 15.0 Å². The molecule has 0 radical (unpaired) electrons. The van der Waals surface area contributed by atoms with E-state index in [1.54, 1.807) is 19.2 Å². The van der Waals surface area contributed by atoms with Crippen molar-refractivity contribution in [3.05, 3.63) is 47.8 Å². The molecule has 140 valence electrons. The zero-order valence-corrected chi connectivity index (χ0v) is 14.9. The molecule has 0 amide bonds. The quantitative estimate of drug-likeness (QED) is 0.655. The van der Waals surface area contributed by atoms with Crippen molar-refractivity contribution in [3.8, 4) is 5.75 Å². The van der Waals surface area contributed by atoms with Crippen LogP contribution >= 0.6 is 0 Å². The molecule has 1 unspecified atom stereocenters. The molecule has 6 nitrogen and oxygen atoms in total. The van der Waals surface area contributed by atoms with E-state index in [0.717, 1.165) is 31.0 Å². The minimum atomic E-state index is -2.82. The highest BCUT2D eigenvalue weighted by molar-refractivity contribution is 5.80. The van der Waals surface area contributed by atoms with Gasteiger partial charge in [0, 0.05) is 45.8 Å². The Hall–Kier alpha value is -2.64. The third-order valence-electron chi connectivity index (χ3n) is 4.47. The van der Waals surface area contributed by atoms with E-state index >= 15 is 0 Å². The molecule has 0 bridgehead atoms. The van der Waals surface area contributed by atoms with E-state index in [-0.39, 0.29) is 5.75 Å². The van der Waals surface area contributed by atoms with Gasteiger partial charge in [-0.15, -0.1) is 0 Å². The number of halogens is 2. The van der Waals surface area contributed by atoms with Gasteiger partial charge in [0.1, 0.15) is 5.75 Å². The number of aryl methyl sites for hydroxylation is 1. The molecule has 1 aromatic carbocycles. The first-order valence-electron chi connectivity index (χ1n) is 8.53. The van der Waals surface area contributed by atoms with Crippen LogP contribution in [0.2, 0.25) is 0 Å². The molecule has 8 heteroatoms. The number of rotatable bonds is 5. The lowest BCUT2D eigenvalue weighted by Gasteiger charge is -2.21. The van der Waals surface area contributed by atoms with Crippen molar-refractivity contribution in [2.75, 3.05) is 20.1 Å². The Bertz CT molecular complexity index is 762. The molecule has 1 aliphatic heterocycles. The van der Waals surface area contributed by atoms with Crippen LogP contribution in [-0.2, 0) is 13.6 Å². The van der Waals surface area contributed by atoms with Crippen molar-refractivity contribution < 1.29 is 13.5 Å². The Morgan fingerprint density at radius 3 is 3.00 bits per heavy atom. The second-order valence-electron chi connectivity index (χ2n) is 6.31. The van der Waals surface area contributed by atoms with Gasteiger partial charge in [-0.3, -0.25) is 9.67 Å². The first-order valence-corrected chi connectivity index (χ1v) is 8.53. The average molecular weight is 363 g/mol. The van der Waals surface area contributed by atoms with E-state index in [1.165, 1.54) is 11.6 Å². The molecule has 26 heavy (non-hydrogen) atoms. The van der Waals surface area contributed by atoms with Crippen LogP contribution < -0.4 is 10.1 Å². The third kappa shape index (κ3) is 4.50. The van der Waals surface area contributed by atoms with Gasteiger partial charge in [0.2, 0.25) is 0 Å². The number of ether oxygens (including phenoxy) is 1. The number of guanidine groups is 1. The maximum atomic E-state index is 12.3.